The van der Waals surface area contributed by atoms with E-state index in [0.29, 0.717) is 16.8 Å². The third kappa shape index (κ3) is 5.41. The first kappa shape index (κ1) is 23.2. The molecule has 0 aliphatic carbocycles. The second-order valence-electron chi connectivity index (χ2n) is 8.24. The van der Waals surface area contributed by atoms with Crippen LogP contribution in [0.25, 0.3) is 0 Å². The van der Waals surface area contributed by atoms with Gasteiger partial charge in [-0.2, -0.15) is 0 Å². The number of Topliss-reactive ketones (excluding diaryl/α,β-unsaturated/α-hetero) is 1. The van der Waals surface area contributed by atoms with E-state index in [0.717, 1.165) is 11.1 Å². The third-order valence-corrected chi connectivity index (χ3v) is 5.39. The maximum Gasteiger partial charge on any atom is 0.338 e. The van der Waals surface area contributed by atoms with E-state index in [1.165, 1.54) is 4.90 Å². The van der Waals surface area contributed by atoms with Crippen molar-refractivity contribution in [3.05, 3.63) is 64.7 Å². The van der Waals surface area contributed by atoms with Gasteiger partial charge in [0.15, 0.2) is 12.4 Å². The van der Waals surface area contributed by atoms with Gasteiger partial charge in [0.1, 0.15) is 0 Å². The average molecular weight is 437 g/mol. The summed E-state index contributed by atoms with van der Waals surface area (Å²) in [6.07, 6.45) is -0.218. The molecule has 7 heteroatoms. The topological polar surface area (TPSA) is 90.0 Å². The van der Waals surface area contributed by atoms with Crippen LogP contribution in [0.15, 0.2) is 42.5 Å². The summed E-state index contributed by atoms with van der Waals surface area (Å²) in [6, 6.07) is 11.8. The molecule has 0 aromatic heterocycles. The van der Waals surface area contributed by atoms with Gasteiger partial charge in [0.05, 0.1) is 17.6 Å². The molecular weight excluding hydrogens is 410 g/mol. The highest BCUT2D eigenvalue weighted by molar-refractivity contribution is 6.01. The highest BCUT2D eigenvalue weighted by Gasteiger charge is 2.36. The number of nitrogens with zero attached hydrogens (tertiary/aromatic N) is 1. The lowest BCUT2D eigenvalue weighted by atomic mass is 10.0. The maximum absolute atomic E-state index is 12.5. The number of carbonyl (C=O) groups excluding carboxylic acids is 4. The van der Waals surface area contributed by atoms with E-state index in [9.17, 15) is 19.2 Å². The minimum Gasteiger partial charge on any atom is -0.459 e. The predicted octanol–water partition coefficient (Wildman–Crippen LogP) is 3.65. The highest BCUT2D eigenvalue weighted by atomic mass is 16.5. The number of esters is 2. The largest absolute Gasteiger partial charge is 0.459 e. The molecule has 0 bridgehead atoms. The molecule has 168 valence electrons. The lowest BCUT2D eigenvalue weighted by Crippen LogP contribution is -2.27. The van der Waals surface area contributed by atoms with Crippen LogP contribution in [0.2, 0.25) is 0 Å². The van der Waals surface area contributed by atoms with Gasteiger partial charge in [0.2, 0.25) is 5.91 Å². The number of anilines is 1. The molecule has 0 saturated carbocycles. The first-order chi connectivity index (χ1) is 15.2. The summed E-state index contributed by atoms with van der Waals surface area (Å²) in [5.41, 5.74) is 3.52. The fourth-order valence-corrected chi connectivity index (χ4v) is 3.43. The number of hydrogen-bond acceptors (Lipinski definition) is 6. The van der Waals surface area contributed by atoms with Gasteiger partial charge < -0.3 is 14.4 Å². The lowest BCUT2D eigenvalue weighted by molar-refractivity contribution is -0.147. The van der Waals surface area contributed by atoms with Crippen molar-refractivity contribution in [2.75, 3.05) is 18.1 Å². The second kappa shape index (κ2) is 9.77. The van der Waals surface area contributed by atoms with Crippen molar-refractivity contribution in [2.24, 2.45) is 5.92 Å². The summed E-state index contributed by atoms with van der Waals surface area (Å²) in [5, 5.41) is 0. The summed E-state index contributed by atoms with van der Waals surface area (Å²) < 4.78 is 10.4. The molecule has 2 aromatic carbocycles. The first-order valence-corrected chi connectivity index (χ1v) is 10.5. The Kier molecular flexibility index (Phi) is 7.08. The van der Waals surface area contributed by atoms with E-state index in [1.54, 1.807) is 50.2 Å². The number of amides is 1. The monoisotopic (exact) mass is 437 g/mol. The van der Waals surface area contributed by atoms with Gasteiger partial charge in [0, 0.05) is 24.2 Å². The summed E-state index contributed by atoms with van der Waals surface area (Å²) in [7, 11) is 0. The van der Waals surface area contributed by atoms with Gasteiger partial charge in [-0.15, -0.1) is 0 Å². The Morgan fingerprint density at radius 2 is 1.66 bits per heavy atom. The summed E-state index contributed by atoms with van der Waals surface area (Å²) in [5.74, 6) is -2.17. The number of benzene rings is 2. The number of rotatable bonds is 7. The van der Waals surface area contributed by atoms with E-state index in [4.69, 9.17) is 9.47 Å². The van der Waals surface area contributed by atoms with E-state index in [1.807, 2.05) is 19.9 Å². The molecule has 0 radical (unpaired) electrons. The summed E-state index contributed by atoms with van der Waals surface area (Å²) in [4.78, 5) is 50.7. The normalized spacial score (nSPS) is 15.7. The Morgan fingerprint density at radius 3 is 2.28 bits per heavy atom. The van der Waals surface area contributed by atoms with Gasteiger partial charge >= 0.3 is 11.9 Å². The lowest BCUT2D eigenvalue weighted by Gasteiger charge is -2.17. The minimum absolute atomic E-state index is 0.00774. The van der Waals surface area contributed by atoms with Crippen molar-refractivity contribution in [3.63, 3.8) is 0 Å². The van der Waals surface area contributed by atoms with Crippen LogP contribution < -0.4 is 4.90 Å². The van der Waals surface area contributed by atoms with Crippen LogP contribution in [0.3, 0.4) is 0 Å². The number of ether oxygens (including phenoxy) is 2. The fraction of sp³-hybridized carbons (Fsp3) is 0.360. The zero-order valence-electron chi connectivity index (χ0n) is 18.7. The first-order valence-electron chi connectivity index (χ1n) is 10.5. The Balaban J connectivity index is 1.57. The molecule has 1 amide bonds. The van der Waals surface area contributed by atoms with E-state index < -0.39 is 17.9 Å². The van der Waals surface area contributed by atoms with Gasteiger partial charge in [-0.3, -0.25) is 14.4 Å². The number of aryl methyl sites for hydroxylation is 2. The molecule has 1 unspecified atom stereocenters. The summed E-state index contributed by atoms with van der Waals surface area (Å²) in [6.45, 7) is 7.20. The summed E-state index contributed by atoms with van der Waals surface area (Å²) >= 11 is 0. The average Bonchev–Trinajstić information content (AvgIpc) is 3.15. The van der Waals surface area contributed by atoms with Crippen molar-refractivity contribution in [1.29, 1.82) is 0 Å². The standard InChI is InChI=1S/C25H27NO6/c1-15(2)32-25(30)18-7-9-21(10-8-18)26-13-20(12-23(26)28)24(29)31-14-22(27)19-6-5-16(3)17(4)11-19/h5-11,15,20H,12-14H2,1-4H3. The molecule has 32 heavy (non-hydrogen) atoms. The zero-order chi connectivity index (χ0) is 23.4. The predicted molar refractivity (Wildman–Crippen MR) is 119 cm³/mol. The van der Waals surface area contributed by atoms with Crippen molar-refractivity contribution >= 4 is 29.3 Å². The van der Waals surface area contributed by atoms with Gasteiger partial charge in [0.25, 0.3) is 0 Å². The molecule has 1 aliphatic rings. The van der Waals surface area contributed by atoms with Gasteiger partial charge in [-0.05, 0) is 69.2 Å². The van der Waals surface area contributed by atoms with E-state index >= 15 is 0 Å². The van der Waals surface area contributed by atoms with Crippen molar-refractivity contribution < 1.29 is 28.7 Å². The zero-order valence-corrected chi connectivity index (χ0v) is 18.7. The van der Waals surface area contributed by atoms with Crippen molar-refractivity contribution in [3.8, 4) is 0 Å². The Morgan fingerprint density at radius 1 is 1.00 bits per heavy atom. The molecule has 1 heterocycles. The molecule has 1 atom stereocenters. The van der Waals surface area contributed by atoms with Crippen LogP contribution in [-0.4, -0.2) is 42.9 Å². The van der Waals surface area contributed by atoms with E-state index in [2.05, 4.69) is 0 Å². The molecule has 1 fully saturated rings. The quantitative estimate of drug-likeness (QED) is 0.485. The van der Waals surface area contributed by atoms with Crippen LogP contribution in [0.5, 0.6) is 0 Å². The molecule has 0 spiro atoms. The molecule has 1 aliphatic heterocycles. The van der Waals surface area contributed by atoms with Crippen LogP contribution in [0, 0.1) is 19.8 Å². The maximum atomic E-state index is 12.5. The molecule has 2 aromatic rings. The number of carbonyl (C=O) groups is 4. The minimum atomic E-state index is -0.652. The Labute approximate surface area is 187 Å². The highest BCUT2D eigenvalue weighted by Crippen LogP contribution is 2.26. The van der Waals surface area contributed by atoms with Crippen LogP contribution in [0.1, 0.15) is 52.1 Å². The molecule has 7 nitrogen and oxygen atoms in total. The van der Waals surface area contributed by atoms with Crippen LogP contribution in [-0.2, 0) is 19.1 Å². The van der Waals surface area contributed by atoms with Crippen molar-refractivity contribution in [1.82, 2.24) is 0 Å². The number of hydrogen-bond donors (Lipinski definition) is 0. The fourth-order valence-electron chi connectivity index (χ4n) is 3.43. The smallest absolute Gasteiger partial charge is 0.338 e. The number of ketones is 1. The van der Waals surface area contributed by atoms with E-state index in [-0.39, 0.29) is 37.4 Å². The van der Waals surface area contributed by atoms with Gasteiger partial charge in [-0.25, -0.2) is 4.79 Å². The third-order valence-electron chi connectivity index (χ3n) is 5.39. The molecule has 0 N–H and O–H groups in total. The van der Waals surface area contributed by atoms with Gasteiger partial charge in [-0.1, -0.05) is 12.1 Å². The Hall–Kier alpha value is -3.48. The van der Waals surface area contributed by atoms with Crippen LogP contribution in [0.4, 0.5) is 5.69 Å². The van der Waals surface area contributed by atoms with Crippen LogP contribution >= 0.6 is 0 Å². The Bertz CT molecular complexity index is 1040. The molecule has 3 rings (SSSR count). The van der Waals surface area contributed by atoms with Crippen molar-refractivity contribution in [2.45, 2.75) is 40.2 Å². The second-order valence-corrected chi connectivity index (χ2v) is 8.24. The SMILES string of the molecule is Cc1ccc(C(=O)COC(=O)C2CC(=O)N(c3ccc(C(=O)OC(C)C)cc3)C2)cc1C. The molecular formula is C25H27NO6. The molecule has 1 saturated heterocycles.